The molecule has 2 rings (SSSR count). The van der Waals surface area contributed by atoms with Gasteiger partial charge >= 0.3 is 0 Å². The molecule has 0 radical (unpaired) electrons. The van der Waals surface area contributed by atoms with Crippen molar-refractivity contribution in [3.63, 3.8) is 0 Å². The normalized spacial score (nSPS) is 26.3. The molecular weight excluding hydrogens is 188 g/mol. The van der Waals surface area contributed by atoms with E-state index in [1.165, 1.54) is 5.56 Å². The lowest BCUT2D eigenvalue weighted by Crippen LogP contribution is -2.54. The van der Waals surface area contributed by atoms with Crippen LogP contribution in [-0.2, 0) is 5.54 Å². The lowest BCUT2D eigenvalue weighted by Gasteiger charge is -2.36. The molecule has 1 fully saturated rings. The fourth-order valence-corrected chi connectivity index (χ4v) is 2.00. The summed E-state index contributed by atoms with van der Waals surface area (Å²) < 4.78 is 5.24. The lowest BCUT2D eigenvalue weighted by molar-refractivity contribution is 0.301. The molecule has 1 aliphatic heterocycles. The molecular formula is C12H18N2O. The standard InChI is InChI=1S/C12H18N2O/c1-12(9-13-6-7-14-12)10-4-3-5-11(8-10)15-2/h3-5,8,13-14H,6-7,9H2,1-2H3. The molecule has 1 heterocycles. The molecule has 1 aliphatic rings. The Hall–Kier alpha value is -1.06. The second-order valence-electron chi connectivity index (χ2n) is 4.17. The molecule has 1 unspecified atom stereocenters. The quantitative estimate of drug-likeness (QED) is 0.760. The molecule has 1 aromatic carbocycles. The summed E-state index contributed by atoms with van der Waals surface area (Å²) in [5.41, 5.74) is 1.29. The molecule has 0 saturated carbocycles. The smallest absolute Gasteiger partial charge is 0.119 e. The number of rotatable bonds is 2. The minimum atomic E-state index is 0.0206. The Morgan fingerprint density at radius 2 is 2.20 bits per heavy atom. The van der Waals surface area contributed by atoms with E-state index in [-0.39, 0.29) is 5.54 Å². The van der Waals surface area contributed by atoms with E-state index in [1.54, 1.807) is 7.11 Å². The van der Waals surface area contributed by atoms with E-state index in [0.29, 0.717) is 0 Å². The zero-order valence-electron chi connectivity index (χ0n) is 9.34. The van der Waals surface area contributed by atoms with Gasteiger partial charge in [-0.05, 0) is 24.6 Å². The van der Waals surface area contributed by atoms with Gasteiger partial charge in [-0.25, -0.2) is 0 Å². The molecule has 3 nitrogen and oxygen atoms in total. The molecule has 1 saturated heterocycles. The Labute approximate surface area is 90.8 Å². The first kappa shape index (κ1) is 10.5. The molecule has 15 heavy (non-hydrogen) atoms. The Morgan fingerprint density at radius 3 is 2.87 bits per heavy atom. The minimum Gasteiger partial charge on any atom is -0.497 e. The van der Waals surface area contributed by atoms with E-state index in [0.717, 1.165) is 25.4 Å². The van der Waals surface area contributed by atoms with Crippen molar-refractivity contribution in [2.75, 3.05) is 26.7 Å². The Kier molecular flexibility index (Phi) is 2.93. The molecule has 0 amide bonds. The summed E-state index contributed by atoms with van der Waals surface area (Å²) in [5, 5.41) is 6.95. The van der Waals surface area contributed by atoms with Gasteiger partial charge in [0, 0.05) is 19.6 Å². The second kappa shape index (κ2) is 4.21. The van der Waals surface area contributed by atoms with Crippen molar-refractivity contribution in [1.82, 2.24) is 10.6 Å². The molecule has 0 aliphatic carbocycles. The zero-order chi connectivity index (χ0) is 10.7. The van der Waals surface area contributed by atoms with Gasteiger partial charge in [-0.15, -0.1) is 0 Å². The summed E-state index contributed by atoms with van der Waals surface area (Å²) in [6, 6.07) is 8.25. The average Bonchev–Trinajstić information content (AvgIpc) is 2.30. The highest BCUT2D eigenvalue weighted by molar-refractivity contribution is 5.33. The summed E-state index contributed by atoms with van der Waals surface area (Å²) >= 11 is 0. The van der Waals surface area contributed by atoms with Crippen LogP contribution in [0.15, 0.2) is 24.3 Å². The lowest BCUT2D eigenvalue weighted by atomic mass is 9.90. The number of hydrogen-bond donors (Lipinski definition) is 2. The van der Waals surface area contributed by atoms with Gasteiger partial charge in [-0.3, -0.25) is 0 Å². The number of ether oxygens (including phenoxy) is 1. The summed E-state index contributed by atoms with van der Waals surface area (Å²) in [5.74, 6) is 0.918. The SMILES string of the molecule is COc1cccc(C2(C)CNCCN2)c1. The predicted molar refractivity (Wildman–Crippen MR) is 61.2 cm³/mol. The molecule has 0 aromatic heterocycles. The van der Waals surface area contributed by atoms with Gasteiger partial charge in [0.15, 0.2) is 0 Å². The molecule has 0 spiro atoms. The summed E-state index contributed by atoms with van der Waals surface area (Å²) in [7, 11) is 1.70. The van der Waals surface area contributed by atoms with Gasteiger partial charge < -0.3 is 15.4 Å². The van der Waals surface area contributed by atoms with Gasteiger partial charge in [-0.2, -0.15) is 0 Å². The third-order valence-corrected chi connectivity index (χ3v) is 3.00. The van der Waals surface area contributed by atoms with Crippen LogP contribution in [0.3, 0.4) is 0 Å². The first-order valence-electron chi connectivity index (χ1n) is 5.35. The van der Waals surface area contributed by atoms with Gasteiger partial charge in [0.05, 0.1) is 12.6 Å². The number of nitrogens with one attached hydrogen (secondary N) is 2. The van der Waals surface area contributed by atoms with Crippen LogP contribution in [-0.4, -0.2) is 26.7 Å². The monoisotopic (exact) mass is 206 g/mol. The van der Waals surface area contributed by atoms with Crippen LogP contribution in [0.1, 0.15) is 12.5 Å². The molecule has 1 atom stereocenters. The first-order valence-corrected chi connectivity index (χ1v) is 5.35. The summed E-state index contributed by atoms with van der Waals surface area (Å²) in [6.45, 7) is 5.22. The molecule has 82 valence electrons. The van der Waals surface area contributed by atoms with E-state index < -0.39 is 0 Å². The average molecular weight is 206 g/mol. The maximum Gasteiger partial charge on any atom is 0.119 e. The Bertz CT molecular complexity index is 332. The number of piperazine rings is 1. The molecule has 3 heteroatoms. The van der Waals surface area contributed by atoms with Crippen molar-refractivity contribution in [3.8, 4) is 5.75 Å². The first-order chi connectivity index (χ1) is 7.24. The molecule has 0 bridgehead atoms. The van der Waals surface area contributed by atoms with Crippen LogP contribution in [0.25, 0.3) is 0 Å². The zero-order valence-corrected chi connectivity index (χ0v) is 9.34. The summed E-state index contributed by atoms with van der Waals surface area (Å²) in [6.07, 6.45) is 0. The fourth-order valence-electron chi connectivity index (χ4n) is 2.00. The van der Waals surface area contributed by atoms with Crippen LogP contribution in [0.5, 0.6) is 5.75 Å². The number of benzene rings is 1. The van der Waals surface area contributed by atoms with Gasteiger partial charge in [0.1, 0.15) is 5.75 Å². The minimum absolute atomic E-state index is 0.0206. The topological polar surface area (TPSA) is 33.3 Å². The van der Waals surface area contributed by atoms with Crippen molar-refractivity contribution >= 4 is 0 Å². The number of methoxy groups -OCH3 is 1. The highest BCUT2D eigenvalue weighted by Gasteiger charge is 2.28. The highest BCUT2D eigenvalue weighted by Crippen LogP contribution is 2.24. The van der Waals surface area contributed by atoms with E-state index >= 15 is 0 Å². The van der Waals surface area contributed by atoms with Crippen molar-refractivity contribution in [1.29, 1.82) is 0 Å². The van der Waals surface area contributed by atoms with E-state index in [4.69, 9.17) is 4.74 Å². The van der Waals surface area contributed by atoms with Crippen molar-refractivity contribution in [2.45, 2.75) is 12.5 Å². The number of hydrogen-bond acceptors (Lipinski definition) is 3. The van der Waals surface area contributed by atoms with Crippen molar-refractivity contribution in [3.05, 3.63) is 29.8 Å². The maximum atomic E-state index is 5.24. The van der Waals surface area contributed by atoms with Crippen molar-refractivity contribution in [2.24, 2.45) is 0 Å². The third kappa shape index (κ3) is 2.13. The van der Waals surface area contributed by atoms with Crippen molar-refractivity contribution < 1.29 is 4.74 Å². The van der Waals surface area contributed by atoms with Gasteiger partial charge in [-0.1, -0.05) is 12.1 Å². The van der Waals surface area contributed by atoms with Crippen LogP contribution in [0.4, 0.5) is 0 Å². The van der Waals surface area contributed by atoms with Crippen LogP contribution < -0.4 is 15.4 Å². The van der Waals surface area contributed by atoms with E-state index in [2.05, 4.69) is 29.7 Å². The van der Waals surface area contributed by atoms with Crippen LogP contribution in [0.2, 0.25) is 0 Å². The predicted octanol–water partition coefficient (Wildman–Crippen LogP) is 1.10. The molecule has 2 N–H and O–H groups in total. The maximum absolute atomic E-state index is 5.24. The Morgan fingerprint density at radius 1 is 1.33 bits per heavy atom. The van der Waals surface area contributed by atoms with E-state index in [1.807, 2.05) is 12.1 Å². The second-order valence-corrected chi connectivity index (χ2v) is 4.17. The fraction of sp³-hybridized carbons (Fsp3) is 0.500. The Balaban J connectivity index is 2.26. The van der Waals surface area contributed by atoms with Gasteiger partial charge in [0.25, 0.3) is 0 Å². The van der Waals surface area contributed by atoms with Crippen LogP contribution in [0, 0.1) is 0 Å². The van der Waals surface area contributed by atoms with Crippen LogP contribution >= 0.6 is 0 Å². The third-order valence-electron chi connectivity index (χ3n) is 3.00. The highest BCUT2D eigenvalue weighted by atomic mass is 16.5. The largest absolute Gasteiger partial charge is 0.497 e. The van der Waals surface area contributed by atoms with E-state index in [9.17, 15) is 0 Å². The summed E-state index contributed by atoms with van der Waals surface area (Å²) in [4.78, 5) is 0. The van der Waals surface area contributed by atoms with Gasteiger partial charge in [0.2, 0.25) is 0 Å². The molecule has 1 aromatic rings.